The van der Waals surface area contributed by atoms with Crippen LogP contribution in [0.4, 0.5) is 5.69 Å². The van der Waals surface area contributed by atoms with Crippen molar-refractivity contribution in [2.24, 2.45) is 10.2 Å². The van der Waals surface area contributed by atoms with Crippen molar-refractivity contribution in [1.29, 1.82) is 0 Å². The third kappa shape index (κ3) is 3.81. The van der Waals surface area contributed by atoms with E-state index in [9.17, 15) is 13.0 Å². The molecule has 3 rings (SSSR count). The van der Waals surface area contributed by atoms with Crippen LogP contribution in [0.15, 0.2) is 33.3 Å². The second-order valence-electron chi connectivity index (χ2n) is 4.47. The third-order valence-electron chi connectivity index (χ3n) is 2.96. The number of rotatable bonds is 3. The second-order valence-corrected chi connectivity index (χ2v) is 5.85. The Balaban J connectivity index is 0.00000144. The van der Waals surface area contributed by atoms with Crippen LogP contribution in [0, 0.1) is 13.0 Å². The average molecular weight is 332 g/mol. The summed E-state index contributed by atoms with van der Waals surface area (Å²) < 4.78 is 34.6. The minimum absolute atomic E-state index is 0. The van der Waals surface area contributed by atoms with Gasteiger partial charge in [-0.2, -0.15) is 33.1 Å². The number of H-pyrrole nitrogens is 1. The summed E-state index contributed by atoms with van der Waals surface area (Å²) in [6, 6.07) is 6.41. The van der Waals surface area contributed by atoms with E-state index in [1.165, 1.54) is 23.8 Å². The van der Waals surface area contributed by atoms with E-state index in [-0.39, 0.29) is 48.4 Å². The van der Waals surface area contributed by atoms with Gasteiger partial charge in [-0.05, 0) is 6.92 Å². The molecular formula is C12H10Li2N6O3S. The van der Waals surface area contributed by atoms with Crippen molar-refractivity contribution < 1.29 is 50.7 Å². The topological polar surface area (TPSA) is 128 Å². The van der Waals surface area contributed by atoms with Crippen molar-refractivity contribution in [1.82, 2.24) is 19.8 Å². The van der Waals surface area contributed by atoms with Crippen LogP contribution in [-0.2, 0) is 10.1 Å². The number of aromatic nitrogens is 4. The normalized spacial score (nSPS) is 11.5. The summed E-state index contributed by atoms with van der Waals surface area (Å²) in [5, 5.41) is 14.8. The van der Waals surface area contributed by atoms with Gasteiger partial charge < -0.3 is 4.55 Å². The maximum Gasteiger partial charge on any atom is 1.00 e. The van der Waals surface area contributed by atoms with Gasteiger partial charge in [0.15, 0.2) is 5.69 Å². The van der Waals surface area contributed by atoms with Gasteiger partial charge in [-0.25, -0.2) is 4.98 Å². The van der Waals surface area contributed by atoms with Gasteiger partial charge in [-0.1, -0.05) is 10.5 Å². The third-order valence-corrected chi connectivity index (χ3v) is 3.77. The fourth-order valence-electron chi connectivity index (χ4n) is 1.99. The minimum Gasteiger partial charge on any atom is -0.754 e. The van der Waals surface area contributed by atoms with E-state index in [4.69, 9.17) is 0 Å². The number of hydrogen-bond donors (Lipinski definition) is 1. The van der Waals surface area contributed by atoms with Gasteiger partial charge in [0.05, 0.1) is 15.8 Å². The molecule has 0 spiro atoms. The van der Waals surface area contributed by atoms with Crippen molar-refractivity contribution in [3.63, 3.8) is 0 Å². The zero-order chi connectivity index (χ0) is 15.9. The molecule has 0 amide bonds. The largest absolute Gasteiger partial charge is 1.00 e. The Morgan fingerprint density at radius 1 is 1.33 bits per heavy atom. The van der Waals surface area contributed by atoms with Gasteiger partial charge in [-0.3, -0.25) is 13.5 Å². The van der Waals surface area contributed by atoms with E-state index in [1.54, 1.807) is 6.92 Å². The molecule has 0 saturated heterocycles. The summed E-state index contributed by atoms with van der Waals surface area (Å²) in [5.74, 6) is 0.251. The summed E-state index contributed by atoms with van der Waals surface area (Å²) in [7, 11) is -3.02. The Labute approximate surface area is 162 Å². The Kier molecular flexibility index (Phi) is 6.59. The molecule has 0 radical (unpaired) electrons. The van der Waals surface area contributed by atoms with Gasteiger partial charge >= 0.3 is 37.7 Å². The summed E-state index contributed by atoms with van der Waals surface area (Å²) in [5.41, 5.74) is 2.10. The molecule has 0 saturated carbocycles. The van der Waals surface area contributed by atoms with Gasteiger partial charge in [0.1, 0.15) is 5.82 Å². The van der Waals surface area contributed by atoms with Crippen LogP contribution in [0.3, 0.4) is 0 Å². The van der Waals surface area contributed by atoms with Crippen molar-refractivity contribution in [3.05, 3.63) is 30.0 Å². The smallest absolute Gasteiger partial charge is 0.754 e. The number of fused-ring (bicyclic) bond motifs is 1. The summed E-state index contributed by atoms with van der Waals surface area (Å²) in [4.78, 5) is 3.91. The maximum absolute atomic E-state index is 11.1. The molecule has 9 nitrogen and oxygen atoms in total. The zero-order valence-electron chi connectivity index (χ0n) is 13.6. The summed E-state index contributed by atoms with van der Waals surface area (Å²) in [6.07, 6.45) is 0. The quantitative estimate of drug-likeness (QED) is 0.224. The SMILES string of the molecule is CN=Nc1c(C)[nH]n2nc(-c3c[c-]cc(S(=O)(=O)[O-])c3)nc12.[Li+].[Li+]. The molecule has 0 fully saturated rings. The average Bonchev–Trinajstić information content (AvgIpc) is 2.98. The van der Waals surface area contributed by atoms with Gasteiger partial charge in [0.2, 0.25) is 5.65 Å². The van der Waals surface area contributed by atoms with Crippen molar-refractivity contribution >= 4 is 21.5 Å². The first-order valence-corrected chi connectivity index (χ1v) is 7.53. The van der Waals surface area contributed by atoms with Crippen LogP contribution < -0.4 is 37.7 Å². The summed E-state index contributed by atoms with van der Waals surface area (Å²) in [6.45, 7) is 1.80. The number of nitrogens with one attached hydrogen (secondary N) is 1. The van der Waals surface area contributed by atoms with Crippen LogP contribution >= 0.6 is 0 Å². The predicted molar refractivity (Wildman–Crippen MR) is 74.7 cm³/mol. The van der Waals surface area contributed by atoms with Gasteiger partial charge in [0.25, 0.3) is 0 Å². The Hall–Kier alpha value is -1.40. The number of aromatic amines is 1. The molecule has 12 heteroatoms. The molecule has 24 heavy (non-hydrogen) atoms. The molecule has 2 aromatic heterocycles. The molecule has 0 aliphatic rings. The Morgan fingerprint density at radius 2 is 2.04 bits per heavy atom. The Morgan fingerprint density at radius 3 is 2.67 bits per heavy atom. The van der Waals surface area contributed by atoms with Crippen LogP contribution in [0.1, 0.15) is 5.69 Å². The molecule has 0 unspecified atom stereocenters. The molecule has 0 aliphatic heterocycles. The van der Waals surface area contributed by atoms with Crippen LogP contribution in [0.5, 0.6) is 0 Å². The van der Waals surface area contributed by atoms with Crippen molar-refractivity contribution in [2.45, 2.75) is 11.8 Å². The molecule has 1 N–H and O–H groups in total. The van der Waals surface area contributed by atoms with Gasteiger partial charge in [-0.15, -0.1) is 11.2 Å². The number of hydrogen-bond acceptors (Lipinski definition) is 7. The standard InChI is InChI=1S/C12H11N6O3S.2Li/c1-7-10(15-13-2)12-14-11(17-18(12)16-7)8-4-3-5-9(6-8)22(19,20)21;;/h4-6,16H,1-2H3,(H,19,20,21);;/q-1;2*+1/p-1. The number of aryl methyl sites for hydroxylation is 1. The molecule has 2 heterocycles. The number of benzene rings is 1. The first-order valence-electron chi connectivity index (χ1n) is 6.13. The van der Waals surface area contributed by atoms with E-state index in [0.717, 1.165) is 11.8 Å². The second kappa shape index (κ2) is 7.66. The molecule has 0 bridgehead atoms. The number of nitrogens with zero attached hydrogens (tertiary/aromatic N) is 5. The van der Waals surface area contributed by atoms with E-state index < -0.39 is 10.1 Å². The maximum atomic E-state index is 11.1. The fourth-order valence-corrected chi connectivity index (χ4v) is 2.47. The molecule has 3 aromatic rings. The van der Waals surface area contributed by atoms with E-state index in [0.29, 0.717) is 16.9 Å². The molecule has 114 valence electrons. The number of azo groups is 1. The monoisotopic (exact) mass is 332 g/mol. The predicted octanol–water partition coefficient (Wildman–Crippen LogP) is -4.54. The molecular weight excluding hydrogens is 322 g/mol. The van der Waals surface area contributed by atoms with Crippen LogP contribution in [0.25, 0.3) is 17.0 Å². The van der Waals surface area contributed by atoms with Crippen LogP contribution in [-0.4, -0.2) is 39.8 Å². The van der Waals surface area contributed by atoms with E-state index in [1.807, 2.05) is 0 Å². The molecule has 1 aromatic carbocycles. The van der Waals surface area contributed by atoms with E-state index >= 15 is 0 Å². The fraction of sp³-hybridized carbons (Fsp3) is 0.167. The summed E-state index contributed by atoms with van der Waals surface area (Å²) >= 11 is 0. The van der Waals surface area contributed by atoms with Gasteiger partial charge in [0, 0.05) is 7.05 Å². The zero-order valence-corrected chi connectivity index (χ0v) is 14.4. The van der Waals surface area contributed by atoms with E-state index in [2.05, 4.69) is 31.5 Å². The van der Waals surface area contributed by atoms with Crippen molar-refractivity contribution in [3.8, 4) is 11.4 Å². The minimum atomic E-state index is -4.56. The first kappa shape index (κ1) is 20.6. The molecule has 0 aliphatic carbocycles. The molecule has 0 atom stereocenters. The Bertz CT molecular complexity index is 996. The van der Waals surface area contributed by atoms with Crippen LogP contribution in [0.2, 0.25) is 0 Å². The van der Waals surface area contributed by atoms with Crippen molar-refractivity contribution in [2.75, 3.05) is 7.05 Å². The first-order chi connectivity index (χ1) is 10.4.